The Bertz CT molecular complexity index is 470. The number of carboxylic acid groups (broad SMARTS) is 1. The number of hydrogen-bond donors (Lipinski definition) is 2. The van der Waals surface area contributed by atoms with Crippen LogP contribution in [0.4, 0.5) is 19.0 Å². The minimum absolute atomic E-state index is 0.0667. The first kappa shape index (κ1) is 12.7. The molecule has 1 aliphatic carbocycles. The Morgan fingerprint density at radius 2 is 2.06 bits per heavy atom. The number of carbonyl (C=O) groups is 1. The number of nitrogens with zero attached hydrogens (tertiary/aromatic N) is 1. The lowest BCUT2D eigenvalue weighted by atomic mass is 9.93. The third-order valence-electron chi connectivity index (χ3n) is 2.85. The van der Waals surface area contributed by atoms with Gasteiger partial charge in [0.2, 0.25) is 0 Å². The molecule has 18 heavy (non-hydrogen) atoms. The highest BCUT2D eigenvalue weighted by Crippen LogP contribution is 2.32. The molecular formula is C11H11F3N2O2. The SMILES string of the molecule is O=C(O)c1ccc(NC2CCC2)nc1C(F)(F)F. The monoisotopic (exact) mass is 260 g/mol. The molecule has 7 heteroatoms. The zero-order valence-electron chi connectivity index (χ0n) is 9.29. The van der Waals surface area contributed by atoms with Gasteiger partial charge in [0, 0.05) is 6.04 Å². The van der Waals surface area contributed by atoms with E-state index in [1.165, 1.54) is 6.07 Å². The van der Waals surface area contributed by atoms with Crippen LogP contribution in [0, 0.1) is 0 Å². The van der Waals surface area contributed by atoms with Gasteiger partial charge in [-0.05, 0) is 31.4 Å². The van der Waals surface area contributed by atoms with Crippen LogP contribution < -0.4 is 5.32 Å². The highest BCUT2D eigenvalue weighted by Gasteiger charge is 2.37. The summed E-state index contributed by atoms with van der Waals surface area (Å²) in [6, 6.07) is 2.32. The van der Waals surface area contributed by atoms with E-state index in [0.29, 0.717) is 0 Å². The lowest BCUT2D eigenvalue weighted by Gasteiger charge is -2.27. The zero-order valence-corrected chi connectivity index (χ0v) is 9.29. The van der Waals surface area contributed by atoms with Crippen molar-refractivity contribution in [2.75, 3.05) is 5.32 Å². The quantitative estimate of drug-likeness (QED) is 0.877. The minimum atomic E-state index is -4.77. The van der Waals surface area contributed by atoms with Gasteiger partial charge in [0.05, 0.1) is 5.56 Å². The molecule has 2 N–H and O–H groups in total. The Balaban J connectivity index is 2.32. The van der Waals surface area contributed by atoms with Crippen molar-refractivity contribution in [1.29, 1.82) is 0 Å². The van der Waals surface area contributed by atoms with Gasteiger partial charge in [0.25, 0.3) is 0 Å². The first-order valence-corrected chi connectivity index (χ1v) is 5.46. The van der Waals surface area contributed by atoms with Crippen molar-refractivity contribution in [2.45, 2.75) is 31.5 Å². The van der Waals surface area contributed by atoms with Crippen molar-refractivity contribution in [3.63, 3.8) is 0 Å². The summed E-state index contributed by atoms with van der Waals surface area (Å²) in [6.45, 7) is 0. The van der Waals surface area contributed by atoms with Crippen LogP contribution in [-0.2, 0) is 6.18 Å². The summed E-state index contributed by atoms with van der Waals surface area (Å²) in [4.78, 5) is 14.1. The molecule has 0 radical (unpaired) electrons. The number of aromatic nitrogens is 1. The molecule has 0 atom stereocenters. The second-order valence-corrected chi connectivity index (χ2v) is 4.17. The second kappa shape index (κ2) is 4.47. The summed E-state index contributed by atoms with van der Waals surface area (Å²) < 4.78 is 38.0. The summed E-state index contributed by atoms with van der Waals surface area (Å²) in [5.74, 6) is -1.57. The second-order valence-electron chi connectivity index (χ2n) is 4.17. The maximum absolute atomic E-state index is 12.7. The van der Waals surface area contributed by atoms with E-state index >= 15 is 0 Å². The van der Waals surface area contributed by atoms with Crippen molar-refractivity contribution in [3.05, 3.63) is 23.4 Å². The number of aromatic carboxylic acids is 1. The lowest BCUT2D eigenvalue weighted by Crippen LogP contribution is -2.28. The molecule has 1 aliphatic rings. The third kappa shape index (κ3) is 2.55. The molecule has 98 valence electrons. The largest absolute Gasteiger partial charge is 0.478 e. The van der Waals surface area contributed by atoms with Gasteiger partial charge in [-0.3, -0.25) is 0 Å². The van der Waals surface area contributed by atoms with Crippen LogP contribution in [0.1, 0.15) is 35.3 Å². The fraction of sp³-hybridized carbons (Fsp3) is 0.455. The molecule has 1 aromatic heterocycles. The Morgan fingerprint density at radius 1 is 1.39 bits per heavy atom. The zero-order chi connectivity index (χ0) is 13.3. The van der Waals surface area contributed by atoms with Crippen LogP contribution in [0.3, 0.4) is 0 Å². The van der Waals surface area contributed by atoms with Gasteiger partial charge in [-0.15, -0.1) is 0 Å². The van der Waals surface area contributed by atoms with Crippen molar-refractivity contribution in [1.82, 2.24) is 4.98 Å². The molecule has 4 nitrogen and oxygen atoms in total. The van der Waals surface area contributed by atoms with Crippen LogP contribution in [0.25, 0.3) is 0 Å². The summed E-state index contributed by atoms with van der Waals surface area (Å²) in [6.07, 6.45) is -1.95. The highest BCUT2D eigenvalue weighted by molar-refractivity contribution is 5.89. The van der Waals surface area contributed by atoms with E-state index in [2.05, 4.69) is 10.3 Å². The molecule has 0 saturated heterocycles. The first-order valence-electron chi connectivity index (χ1n) is 5.46. The van der Waals surface area contributed by atoms with Gasteiger partial charge >= 0.3 is 12.1 Å². The van der Waals surface area contributed by atoms with Crippen LogP contribution in [0.2, 0.25) is 0 Å². The normalized spacial score (nSPS) is 16.2. The Kier molecular flexibility index (Phi) is 3.14. The third-order valence-corrected chi connectivity index (χ3v) is 2.85. The van der Waals surface area contributed by atoms with Crippen LogP contribution >= 0.6 is 0 Å². The molecule has 0 aromatic carbocycles. The number of nitrogens with one attached hydrogen (secondary N) is 1. The number of rotatable bonds is 3. The lowest BCUT2D eigenvalue weighted by molar-refractivity contribution is -0.141. The van der Waals surface area contributed by atoms with E-state index in [-0.39, 0.29) is 11.9 Å². The highest BCUT2D eigenvalue weighted by atomic mass is 19.4. The summed E-state index contributed by atoms with van der Waals surface area (Å²) in [7, 11) is 0. The molecule has 1 heterocycles. The van der Waals surface area contributed by atoms with Gasteiger partial charge in [-0.1, -0.05) is 0 Å². The van der Waals surface area contributed by atoms with Crippen molar-refractivity contribution < 1.29 is 23.1 Å². The van der Waals surface area contributed by atoms with E-state index in [1.54, 1.807) is 0 Å². The molecule has 0 spiro atoms. The molecule has 0 bridgehead atoms. The molecule has 1 saturated carbocycles. The van der Waals surface area contributed by atoms with Crippen LogP contribution in [0.15, 0.2) is 12.1 Å². The molecule has 1 fully saturated rings. The molecule has 0 aliphatic heterocycles. The molecule has 1 aromatic rings. The number of pyridine rings is 1. The Morgan fingerprint density at radius 3 is 2.50 bits per heavy atom. The Labute approximate surface area is 101 Å². The van der Waals surface area contributed by atoms with E-state index in [1.807, 2.05) is 0 Å². The predicted octanol–water partition coefficient (Wildman–Crippen LogP) is 2.76. The van der Waals surface area contributed by atoms with Gasteiger partial charge in [-0.25, -0.2) is 9.78 Å². The Hall–Kier alpha value is -1.79. The minimum Gasteiger partial charge on any atom is -0.478 e. The average molecular weight is 260 g/mol. The maximum Gasteiger partial charge on any atom is 0.434 e. The van der Waals surface area contributed by atoms with Gasteiger partial charge in [0.1, 0.15) is 5.82 Å². The number of carboxylic acids is 1. The fourth-order valence-electron chi connectivity index (χ4n) is 1.69. The van der Waals surface area contributed by atoms with Crippen molar-refractivity contribution in [3.8, 4) is 0 Å². The van der Waals surface area contributed by atoms with E-state index in [0.717, 1.165) is 25.3 Å². The average Bonchev–Trinajstić information content (AvgIpc) is 2.22. The number of anilines is 1. The summed E-state index contributed by atoms with van der Waals surface area (Å²) >= 11 is 0. The van der Waals surface area contributed by atoms with E-state index in [4.69, 9.17) is 5.11 Å². The predicted molar refractivity (Wildman–Crippen MR) is 57.5 cm³/mol. The van der Waals surface area contributed by atoms with Gasteiger partial charge in [-0.2, -0.15) is 13.2 Å². The smallest absolute Gasteiger partial charge is 0.434 e. The molecular weight excluding hydrogens is 249 g/mol. The number of alkyl halides is 3. The topological polar surface area (TPSA) is 62.2 Å². The molecule has 0 amide bonds. The summed E-state index contributed by atoms with van der Waals surface area (Å²) in [5.41, 5.74) is -2.19. The first-order chi connectivity index (χ1) is 8.38. The van der Waals surface area contributed by atoms with Crippen molar-refractivity contribution >= 4 is 11.8 Å². The fourth-order valence-corrected chi connectivity index (χ4v) is 1.69. The van der Waals surface area contributed by atoms with E-state index in [9.17, 15) is 18.0 Å². The van der Waals surface area contributed by atoms with E-state index < -0.39 is 23.4 Å². The maximum atomic E-state index is 12.7. The van der Waals surface area contributed by atoms with Crippen LogP contribution in [0.5, 0.6) is 0 Å². The summed E-state index contributed by atoms with van der Waals surface area (Å²) in [5, 5.41) is 11.6. The van der Waals surface area contributed by atoms with Gasteiger partial charge in [0.15, 0.2) is 5.69 Å². The standard InChI is InChI=1S/C11H11F3N2O2/c12-11(13,14)9-7(10(17)18)4-5-8(16-9)15-6-2-1-3-6/h4-6H,1-3H2,(H,15,16)(H,17,18). The van der Waals surface area contributed by atoms with Crippen molar-refractivity contribution in [2.24, 2.45) is 0 Å². The molecule has 2 rings (SSSR count). The molecule has 0 unspecified atom stereocenters. The van der Waals surface area contributed by atoms with Crippen LogP contribution in [-0.4, -0.2) is 22.1 Å². The van der Waals surface area contributed by atoms with Gasteiger partial charge < -0.3 is 10.4 Å². The number of hydrogen-bond acceptors (Lipinski definition) is 3. The number of halogens is 3.